The van der Waals surface area contributed by atoms with Gasteiger partial charge in [0.2, 0.25) is 0 Å². The summed E-state index contributed by atoms with van der Waals surface area (Å²) in [7, 11) is 1.68. The van der Waals surface area contributed by atoms with Crippen LogP contribution in [0, 0.1) is 0 Å². The molecule has 0 unspecified atom stereocenters. The van der Waals surface area contributed by atoms with Gasteiger partial charge in [-0.3, -0.25) is 4.79 Å². The fraction of sp³-hybridized carbons (Fsp3) is 0.611. The number of methoxy groups -OCH3 is 1. The maximum absolute atomic E-state index is 11.9. The normalized spacial score (nSPS) is 15.5. The van der Waals surface area contributed by atoms with Crippen LogP contribution in [0.25, 0.3) is 0 Å². The Kier molecular flexibility index (Phi) is 7.20. The maximum Gasteiger partial charge on any atom is 0.275 e. The Balaban J connectivity index is 1.69. The van der Waals surface area contributed by atoms with Gasteiger partial charge in [-0.25, -0.2) is 0 Å². The molecule has 0 radical (unpaired) electrons. The summed E-state index contributed by atoms with van der Waals surface area (Å²) in [6.45, 7) is 7.59. The van der Waals surface area contributed by atoms with Crippen molar-refractivity contribution in [1.82, 2.24) is 5.32 Å². The Morgan fingerprint density at radius 3 is 2.52 bits per heavy atom. The number of ether oxygens (including phenoxy) is 1. The van der Waals surface area contributed by atoms with Crippen LogP contribution in [0.1, 0.15) is 26.2 Å². The molecule has 0 bridgehead atoms. The summed E-state index contributed by atoms with van der Waals surface area (Å²) in [6, 6.07) is 8.20. The number of anilines is 1. The molecular formula is C18H30N3O2+. The van der Waals surface area contributed by atoms with Crippen LogP contribution < -0.4 is 19.9 Å². The van der Waals surface area contributed by atoms with Crippen LogP contribution in [0.5, 0.6) is 5.75 Å². The first-order chi connectivity index (χ1) is 11.2. The molecule has 1 aliphatic heterocycles. The summed E-state index contributed by atoms with van der Waals surface area (Å²) in [5.41, 5.74) is 1.23. The summed E-state index contributed by atoms with van der Waals surface area (Å²) >= 11 is 0. The van der Waals surface area contributed by atoms with Crippen molar-refractivity contribution in [1.29, 1.82) is 0 Å². The van der Waals surface area contributed by atoms with Crippen LogP contribution in [-0.2, 0) is 4.79 Å². The summed E-state index contributed by atoms with van der Waals surface area (Å²) in [5, 5.41) is 3.03. The van der Waals surface area contributed by atoms with Gasteiger partial charge in [0.15, 0.2) is 6.54 Å². The van der Waals surface area contributed by atoms with Crippen LogP contribution in [-0.4, -0.2) is 52.3 Å². The minimum absolute atomic E-state index is 0.189. The van der Waals surface area contributed by atoms with Crippen molar-refractivity contribution in [2.75, 3.05) is 51.3 Å². The number of nitrogens with one attached hydrogen (secondary N) is 2. The highest BCUT2D eigenvalue weighted by Crippen LogP contribution is 2.18. The van der Waals surface area contributed by atoms with E-state index >= 15 is 0 Å². The SMILES string of the molecule is CCCCCNC(=O)C[NH+]1CCN(c2ccc(OC)cc2)CC1. The second-order valence-corrected chi connectivity index (χ2v) is 6.17. The minimum Gasteiger partial charge on any atom is -0.497 e. The first-order valence-corrected chi connectivity index (χ1v) is 8.72. The average Bonchev–Trinajstić information content (AvgIpc) is 2.59. The molecule has 2 N–H and O–H groups in total. The first kappa shape index (κ1) is 17.6. The van der Waals surface area contributed by atoms with E-state index in [1.165, 1.54) is 23.4 Å². The van der Waals surface area contributed by atoms with Crippen LogP contribution in [0.3, 0.4) is 0 Å². The van der Waals surface area contributed by atoms with E-state index in [9.17, 15) is 4.79 Å². The fourth-order valence-electron chi connectivity index (χ4n) is 2.94. The molecule has 5 heteroatoms. The molecular weight excluding hydrogens is 290 g/mol. The monoisotopic (exact) mass is 320 g/mol. The summed E-state index contributed by atoms with van der Waals surface area (Å²) < 4.78 is 5.20. The molecule has 1 saturated heterocycles. The lowest BCUT2D eigenvalue weighted by Crippen LogP contribution is -3.15. The zero-order chi connectivity index (χ0) is 16.5. The number of benzene rings is 1. The lowest BCUT2D eigenvalue weighted by molar-refractivity contribution is -0.892. The minimum atomic E-state index is 0.189. The zero-order valence-corrected chi connectivity index (χ0v) is 14.4. The van der Waals surface area contributed by atoms with Gasteiger partial charge in [0.25, 0.3) is 5.91 Å². The molecule has 1 amide bonds. The number of amides is 1. The lowest BCUT2D eigenvalue weighted by atomic mass is 10.2. The van der Waals surface area contributed by atoms with Crippen molar-refractivity contribution >= 4 is 11.6 Å². The number of nitrogens with zero attached hydrogens (tertiary/aromatic N) is 1. The van der Waals surface area contributed by atoms with E-state index in [4.69, 9.17) is 4.74 Å². The molecule has 1 aromatic carbocycles. The molecule has 1 aliphatic rings. The standard InChI is InChI=1S/C18H29N3O2/c1-3-4-5-10-19-18(22)15-20-11-13-21(14-12-20)16-6-8-17(23-2)9-7-16/h6-9H,3-5,10-15H2,1-2H3,(H,19,22)/p+1. The topological polar surface area (TPSA) is 46.0 Å². The van der Waals surface area contributed by atoms with E-state index < -0.39 is 0 Å². The molecule has 0 spiro atoms. The van der Waals surface area contributed by atoms with Crippen molar-refractivity contribution < 1.29 is 14.4 Å². The predicted octanol–water partition coefficient (Wildman–Crippen LogP) is 0.707. The molecule has 0 saturated carbocycles. The van der Waals surface area contributed by atoms with Crippen molar-refractivity contribution in [3.05, 3.63) is 24.3 Å². The highest BCUT2D eigenvalue weighted by Gasteiger charge is 2.22. The van der Waals surface area contributed by atoms with Crippen LogP contribution in [0.4, 0.5) is 5.69 Å². The smallest absolute Gasteiger partial charge is 0.275 e. The van der Waals surface area contributed by atoms with Gasteiger partial charge >= 0.3 is 0 Å². The number of quaternary nitrogens is 1. The van der Waals surface area contributed by atoms with Gasteiger partial charge in [-0.05, 0) is 30.7 Å². The number of carbonyl (C=O) groups is 1. The number of rotatable bonds is 8. The molecule has 1 aromatic rings. The Hall–Kier alpha value is -1.75. The largest absolute Gasteiger partial charge is 0.497 e. The first-order valence-electron chi connectivity index (χ1n) is 8.72. The van der Waals surface area contributed by atoms with Gasteiger partial charge in [-0.15, -0.1) is 0 Å². The van der Waals surface area contributed by atoms with Gasteiger partial charge in [-0.2, -0.15) is 0 Å². The third-order valence-electron chi connectivity index (χ3n) is 4.42. The van der Waals surface area contributed by atoms with Crippen LogP contribution in [0.15, 0.2) is 24.3 Å². The third-order valence-corrected chi connectivity index (χ3v) is 4.42. The number of carbonyl (C=O) groups excluding carboxylic acids is 1. The fourth-order valence-corrected chi connectivity index (χ4v) is 2.94. The van der Waals surface area contributed by atoms with Crippen molar-refractivity contribution in [2.24, 2.45) is 0 Å². The van der Waals surface area contributed by atoms with Gasteiger partial charge in [0.05, 0.1) is 33.3 Å². The number of hydrogen-bond acceptors (Lipinski definition) is 3. The van der Waals surface area contributed by atoms with Crippen LogP contribution >= 0.6 is 0 Å². The Bertz CT molecular complexity index is 468. The quantitative estimate of drug-likeness (QED) is 0.694. The molecule has 0 aromatic heterocycles. The van der Waals surface area contributed by atoms with Crippen molar-refractivity contribution in [3.63, 3.8) is 0 Å². The molecule has 1 fully saturated rings. The maximum atomic E-state index is 11.9. The Morgan fingerprint density at radius 2 is 1.91 bits per heavy atom. The van der Waals surface area contributed by atoms with Crippen LogP contribution in [0.2, 0.25) is 0 Å². The molecule has 0 atom stereocenters. The van der Waals surface area contributed by atoms with Crippen molar-refractivity contribution in [2.45, 2.75) is 26.2 Å². The summed E-state index contributed by atoms with van der Waals surface area (Å²) in [5.74, 6) is 1.08. The Labute approximate surface area is 139 Å². The molecule has 23 heavy (non-hydrogen) atoms. The van der Waals surface area contributed by atoms with Gasteiger partial charge < -0.3 is 19.9 Å². The van der Waals surface area contributed by atoms with Gasteiger partial charge in [0.1, 0.15) is 5.75 Å². The van der Waals surface area contributed by atoms with E-state index in [1.54, 1.807) is 7.11 Å². The second-order valence-electron chi connectivity index (χ2n) is 6.17. The van der Waals surface area contributed by atoms with E-state index in [-0.39, 0.29) is 5.91 Å². The van der Waals surface area contributed by atoms with Gasteiger partial charge in [0, 0.05) is 12.2 Å². The van der Waals surface area contributed by atoms with Gasteiger partial charge in [-0.1, -0.05) is 19.8 Å². The van der Waals surface area contributed by atoms with E-state index in [0.29, 0.717) is 6.54 Å². The average molecular weight is 320 g/mol. The highest BCUT2D eigenvalue weighted by atomic mass is 16.5. The summed E-state index contributed by atoms with van der Waals surface area (Å²) in [6.07, 6.45) is 3.46. The highest BCUT2D eigenvalue weighted by molar-refractivity contribution is 5.76. The number of unbranched alkanes of at least 4 members (excludes halogenated alkanes) is 2. The predicted molar refractivity (Wildman–Crippen MR) is 93.3 cm³/mol. The molecule has 128 valence electrons. The molecule has 5 nitrogen and oxygen atoms in total. The van der Waals surface area contributed by atoms with E-state index in [1.807, 2.05) is 12.1 Å². The van der Waals surface area contributed by atoms with Crippen molar-refractivity contribution in [3.8, 4) is 5.75 Å². The third kappa shape index (κ3) is 5.75. The second kappa shape index (κ2) is 9.40. The molecule has 1 heterocycles. The molecule has 0 aliphatic carbocycles. The number of piperazine rings is 1. The Morgan fingerprint density at radius 1 is 1.22 bits per heavy atom. The molecule has 2 rings (SSSR count). The van der Waals surface area contributed by atoms with E-state index in [2.05, 4.69) is 29.3 Å². The summed E-state index contributed by atoms with van der Waals surface area (Å²) in [4.78, 5) is 15.7. The number of hydrogen-bond donors (Lipinski definition) is 2. The zero-order valence-electron chi connectivity index (χ0n) is 14.4. The van der Waals surface area contributed by atoms with E-state index in [0.717, 1.165) is 44.9 Å². The lowest BCUT2D eigenvalue weighted by Gasteiger charge is -2.33.